The minimum absolute atomic E-state index is 0.0194. The van der Waals surface area contributed by atoms with E-state index in [4.69, 9.17) is 9.84 Å². The first-order chi connectivity index (χ1) is 25.5. The van der Waals surface area contributed by atoms with Crippen LogP contribution in [0.25, 0.3) is 0 Å². The van der Waals surface area contributed by atoms with E-state index in [-0.39, 0.29) is 48.9 Å². The third-order valence-corrected chi connectivity index (χ3v) is 12.1. The fraction of sp³-hybridized carbons (Fsp3) is 0.553. The van der Waals surface area contributed by atoms with E-state index in [0.717, 1.165) is 48.9 Å². The number of fused-ring (bicyclic) bond motifs is 1. The SMILES string of the molecule is Bc1cc(C[C@@H](OC(=O)N2CCC(N3CCc4ccccc4NC3=O)CC2)C(=O)N2CCC(C3CCN(C(=O)CCC(=O)O)CC3)CC2)cc(Br)c1O. The number of amides is 5. The number of phenols is 1. The van der Waals surface area contributed by atoms with Gasteiger partial charge in [-0.2, -0.15) is 0 Å². The number of halogens is 1. The molecule has 4 aliphatic heterocycles. The summed E-state index contributed by atoms with van der Waals surface area (Å²) < 4.78 is 6.55. The highest BCUT2D eigenvalue weighted by Crippen LogP contribution is 2.34. The lowest BCUT2D eigenvalue weighted by Gasteiger charge is -2.41. The Morgan fingerprint density at radius 3 is 2.13 bits per heavy atom. The Kier molecular flexibility index (Phi) is 12.5. The van der Waals surface area contributed by atoms with Crippen LogP contribution in [0, 0.1) is 11.8 Å². The molecule has 0 radical (unpaired) electrons. The average Bonchev–Trinajstić information content (AvgIpc) is 3.33. The molecule has 4 aliphatic rings. The maximum Gasteiger partial charge on any atom is 0.410 e. The van der Waals surface area contributed by atoms with Crippen molar-refractivity contribution in [1.29, 1.82) is 0 Å². The standard InChI is InChI=1S/C38H49BBrN5O8/c39-29-21-24(22-30(40)35(29)49)23-32(36(50)43-16-9-26(10-17-43)25-7-14-42(15-8-25)33(46)5-6-34(47)48)53-38(52)44-18-12-28(13-19-44)45-20-11-27-3-1-2-4-31(27)41-37(45)51/h1-4,21-22,25-26,28,32,49H,5-20,23,39H2,(H,41,51)(H,47,48)/t32-/m1/s1. The Hall–Kier alpha value is -4.27. The Morgan fingerprint density at radius 2 is 1.49 bits per heavy atom. The number of nitrogens with zero attached hydrogens (tertiary/aromatic N) is 4. The van der Waals surface area contributed by atoms with Crippen molar-refractivity contribution < 1.29 is 38.9 Å². The summed E-state index contributed by atoms with van der Waals surface area (Å²) in [5.74, 6) is -0.355. The van der Waals surface area contributed by atoms with Crippen molar-refractivity contribution in [2.75, 3.05) is 51.1 Å². The van der Waals surface area contributed by atoms with Crippen LogP contribution in [-0.4, -0.2) is 126 Å². The zero-order valence-electron chi connectivity index (χ0n) is 30.3. The van der Waals surface area contributed by atoms with Gasteiger partial charge in [-0.1, -0.05) is 24.3 Å². The smallest absolute Gasteiger partial charge is 0.410 e. The first kappa shape index (κ1) is 38.5. The summed E-state index contributed by atoms with van der Waals surface area (Å²) in [4.78, 5) is 71.3. The maximum atomic E-state index is 14.1. The number of piperidine rings is 3. The lowest BCUT2D eigenvalue weighted by molar-refractivity contribution is -0.143. The van der Waals surface area contributed by atoms with Crippen molar-refractivity contribution in [1.82, 2.24) is 19.6 Å². The minimum atomic E-state index is -1.05. The fourth-order valence-corrected chi connectivity index (χ4v) is 9.01. The first-order valence-electron chi connectivity index (χ1n) is 18.8. The van der Waals surface area contributed by atoms with E-state index in [1.807, 2.05) is 29.2 Å². The fourth-order valence-electron chi connectivity index (χ4n) is 8.40. The van der Waals surface area contributed by atoms with Gasteiger partial charge in [-0.15, -0.1) is 0 Å². The number of rotatable bonds is 9. The highest BCUT2D eigenvalue weighted by molar-refractivity contribution is 9.10. The Morgan fingerprint density at radius 1 is 0.868 bits per heavy atom. The van der Waals surface area contributed by atoms with E-state index in [1.165, 1.54) is 0 Å². The summed E-state index contributed by atoms with van der Waals surface area (Å²) in [5, 5.41) is 22.3. The lowest BCUT2D eigenvalue weighted by Crippen LogP contribution is -2.52. The number of carboxylic acid groups (broad SMARTS) is 1. The molecule has 3 fully saturated rings. The number of hydrogen-bond donors (Lipinski definition) is 3. The van der Waals surface area contributed by atoms with E-state index in [2.05, 4.69) is 21.2 Å². The molecule has 13 nitrogen and oxygen atoms in total. The summed E-state index contributed by atoms with van der Waals surface area (Å²) >= 11 is 3.40. The predicted molar refractivity (Wildman–Crippen MR) is 204 cm³/mol. The van der Waals surface area contributed by atoms with Crippen molar-refractivity contribution in [2.45, 2.75) is 76.4 Å². The van der Waals surface area contributed by atoms with Gasteiger partial charge in [-0.25, -0.2) is 9.59 Å². The van der Waals surface area contributed by atoms with Gasteiger partial charge in [0.15, 0.2) is 6.10 Å². The molecule has 6 rings (SSSR count). The highest BCUT2D eigenvalue weighted by Gasteiger charge is 2.37. The van der Waals surface area contributed by atoms with E-state index >= 15 is 0 Å². The third-order valence-electron chi connectivity index (χ3n) is 11.5. The van der Waals surface area contributed by atoms with Crippen molar-refractivity contribution >= 4 is 64.8 Å². The van der Waals surface area contributed by atoms with Crippen molar-refractivity contribution in [3.8, 4) is 5.75 Å². The number of hydrogen-bond acceptors (Lipinski definition) is 7. The number of anilines is 1. The number of likely N-dealkylation sites (tertiary alicyclic amines) is 3. The minimum Gasteiger partial charge on any atom is -0.507 e. The summed E-state index contributed by atoms with van der Waals surface area (Å²) in [5.41, 5.74) is 3.33. The van der Waals surface area contributed by atoms with Gasteiger partial charge >= 0.3 is 18.1 Å². The number of carbonyl (C=O) groups excluding carboxylic acids is 4. The molecule has 15 heteroatoms. The van der Waals surface area contributed by atoms with Crippen molar-refractivity contribution in [3.05, 3.63) is 52.0 Å². The molecule has 53 heavy (non-hydrogen) atoms. The van der Waals surface area contributed by atoms with Gasteiger partial charge in [-0.05, 0) is 101 Å². The molecule has 0 aromatic heterocycles. The maximum absolute atomic E-state index is 14.1. The van der Waals surface area contributed by atoms with E-state index in [9.17, 15) is 29.1 Å². The van der Waals surface area contributed by atoms with E-state index < -0.39 is 18.2 Å². The van der Waals surface area contributed by atoms with Crippen LogP contribution < -0.4 is 10.8 Å². The summed E-state index contributed by atoms with van der Waals surface area (Å²) in [6.45, 7) is 3.74. The van der Waals surface area contributed by atoms with Crippen molar-refractivity contribution in [3.63, 3.8) is 0 Å². The quantitative estimate of drug-likeness (QED) is 0.326. The van der Waals surface area contributed by atoms with Crippen molar-refractivity contribution in [2.24, 2.45) is 11.8 Å². The van der Waals surface area contributed by atoms with E-state index in [1.54, 1.807) is 34.7 Å². The van der Waals surface area contributed by atoms with Gasteiger partial charge in [0.2, 0.25) is 5.91 Å². The molecule has 3 N–H and O–H groups in total. The number of nitrogens with one attached hydrogen (secondary N) is 1. The Balaban J connectivity index is 1.04. The van der Waals surface area contributed by atoms with Crippen LogP contribution in [0.4, 0.5) is 15.3 Å². The molecule has 0 spiro atoms. The zero-order chi connectivity index (χ0) is 37.6. The van der Waals surface area contributed by atoms with Gasteiger partial charge in [0.05, 0.1) is 10.9 Å². The van der Waals surface area contributed by atoms with E-state index in [0.29, 0.717) is 80.4 Å². The normalized spacial score (nSPS) is 19.6. The molecule has 4 heterocycles. The predicted octanol–water partition coefficient (Wildman–Crippen LogP) is 3.36. The Labute approximate surface area is 319 Å². The average molecular weight is 795 g/mol. The molecule has 0 aliphatic carbocycles. The van der Waals surface area contributed by atoms with Crippen LogP contribution >= 0.6 is 15.9 Å². The lowest BCUT2D eigenvalue weighted by atomic mass is 9.78. The monoisotopic (exact) mass is 793 g/mol. The zero-order valence-corrected chi connectivity index (χ0v) is 31.9. The summed E-state index contributed by atoms with van der Waals surface area (Å²) in [7, 11) is 1.78. The second kappa shape index (κ2) is 17.3. The molecule has 2 aromatic rings. The third kappa shape index (κ3) is 9.46. The topological polar surface area (TPSA) is 160 Å². The van der Waals surface area contributed by atoms with Crippen LogP contribution in [0.1, 0.15) is 62.5 Å². The van der Waals surface area contributed by atoms with Crippen LogP contribution in [-0.2, 0) is 32.0 Å². The molecule has 1 atom stereocenters. The Bertz CT molecular complexity index is 1670. The number of aromatic hydroxyl groups is 1. The molecule has 284 valence electrons. The number of para-hydroxylation sites is 1. The number of carbonyl (C=O) groups is 5. The van der Waals surface area contributed by atoms with Crippen LogP contribution in [0.2, 0.25) is 0 Å². The van der Waals surface area contributed by atoms with Gasteiger partial charge in [0.1, 0.15) is 13.6 Å². The number of carboxylic acids is 1. The number of aliphatic carboxylic acids is 1. The number of ether oxygens (including phenoxy) is 1. The van der Waals surface area contributed by atoms with Gasteiger partial charge in [0, 0.05) is 70.4 Å². The largest absolute Gasteiger partial charge is 0.507 e. The van der Waals surface area contributed by atoms with Gasteiger partial charge in [-0.3, -0.25) is 14.4 Å². The van der Waals surface area contributed by atoms with Gasteiger partial charge < -0.3 is 39.9 Å². The molecule has 0 saturated carbocycles. The number of benzene rings is 2. The molecular weight excluding hydrogens is 745 g/mol. The van der Waals surface area contributed by atoms with Gasteiger partial charge in [0.25, 0.3) is 5.91 Å². The molecule has 0 unspecified atom stereocenters. The second-order valence-electron chi connectivity index (χ2n) is 14.8. The molecule has 5 amide bonds. The first-order valence-corrected chi connectivity index (χ1v) is 19.6. The molecule has 3 saturated heterocycles. The molecule has 2 aromatic carbocycles. The summed E-state index contributed by atoms with van der Waals surface area (Å²) in [6, 6.07) is 11.2. The van der Waals surface area contributed by atoms with Crippen LogP contribution in [0.3, 0.4) is 0 Å². The highest BCUT2D eigenvalue weighted by atomic mass is 79.9. The van der Waals surface area contributed by atoms with Crippen LogP contribution in [0.5, 0.6) is 5.75 Å². The van der Waals surface area contributed by atoms with Crippen LogP contribution in [0.15, 0.2) is 40.9 Å². The molecule has 0 bridgehead atoms. The summed E-state index contributed by atoms with van der Waals surface area (Å²) in [6.07, 6.45) is 3.73. The number of urea groups is 1. The number of phenolic OH excluding ortho intramolecular Hbond substituents is 1. The molecular formula is C38H49BBrN5O8. The second-order valence-corrected chi connectivity index (χ2v) is 15.7.